The predicted molar refractivity (Wildman–Crippen MR) is 111 cm³/mol. The summed E-state index contributed by atoms with van der Waals surface area (Å²) in [5.41, 5.74) is 1.92. The van der Waals surface area contributed by atoms with E-state index >= 15 is 0 Å². The van der Waals surface area contributed by atoms with Gasteiger partial charge in [0, 0.05) is 51.9 Å². The van der Waals surface area contributed by atoms with Gasteiger partial charge in [-0.2, -0.15) is 0 Å². The van der Waals surface area contributed by atoms with Gasteiger partial charge in [-0.3, -0.25) is 4.79 Å². The zero-order valence-corrected chi connectivity index (χ0v) is 17.7. The van der Waals surface area contributed by atoms with Crippen LogP contribution in [0.1, 0.15) is 35.7 Å². The average molecular weight is 417 g/mol. The molecule has 3 rings (SSSR count). The first-order valence-corrected chi connectivity index (χ1v) is 10.2. The first-order valence-electron chi connectivity index (χ1n) is 10.2. The summed E-state index contributed by atoms with van der Waals surface area (Å²) in [6, 6.07) is 6.41. The maximum absolute atomic E-state index is 14.4. The van der Waals surface area contributed by atoms with Crippen molar-refractivity contribution in [2.45, 2.75) is 27.3 Å². The largest absolute Gasteiger partial charge is 0.370 e. The van der Waals surface area contributed by atoms with E-state index in [1.807, 2.05) is 24.8 Å². The molecule has 2 heterocycles. The molecule has 162 valence electrons. The van der Waals surface area contributed by atoms with E-state index in [0.717, 1.165) is 13.1 Å². The number of benzene rings is 1. The van der Waals surface area contributed by atoms with E-state index in [1.165, 1.54) is 6.07 Å². The van der Waals surface area contributed by atoms with Crippen LogP contribution < -0.4 is 10.2 Å². The molecule has 0 atom stereocenters. The Kier molecular flexibility index (Phi) is 6.91. The molecule has 0 saturated carbocycles. The first kappa shape index (κ1) is 21.6. The summed E-state index contributed by atoms with van der Waals surface area (Å²) in [7, 11) is 0. The highest BCUT2D eigenvalue weighted by Gasteiger charge is 2.26. The lowest BCUT2D eigenvalue weighted by atomic mass is 10.1. The number of carbonyl (C=O) groups is 2. The third-order valence-electron chi connectivity index (χ3n) is 5.25. The summed E-state index contributed by atoms with van der Waals surface area (Å²) in [6.45, 7) is 9.09. The molecule has 1 saturated heterocycles. The van der Waals surface area contributed by atoms with Crippen LogP contribution in [0, 0.1) is 12.7 Å². The van der Waals surface area contributed by atoms with Crippen LogP contribution in [0.5, 0.6) is 0 Å². The number of urea groups is 1. The molecule has 1 fully saturated rings. The molecule has 0 aliphatic carbocycles. The first-order chi connectivity index (χ1) is 14.4. The molecule has 8 nitrogen and oxygen atoms in total. The Bertz CT molecular complexity index is 889. The maximum Gasteiger partial charge on any atom is 0.317 e. The molecule has 3 amide bonds. The fourth-order valence-electron chi connectivity index (χ4n) is 3.50. The number of hydrogen-bond acceptors (Lipinski definition) is 5. The summed E-state index contributed by atoms with van der Waals surface area (Å²) in [5, 5.41) is 6.56. The van der Waals surface area contributed by atoms with Crippen molar-refractivity contribution in [3.8, 4) is 0 Å². The number of carbonyl (C=O) groups excluding carboxylic acids is 2. The van der Waals surface area contributed by atoms with Crippen molar-refractivity contribution in [2.75, 3.05) is 44.2 Å². The van der Waals surface area contributed by atoms with Crippen LogP contribution in [0.25, 0.3) is 0 Å². The number of aromatic nitrogens is 1. The molecule has 1 aromatic heterocycles. The quantitative estimate of drug-likeness (QED) is 0.781. The molecular weight excluding hydrogens is 389 g/mol. The third kappa shape index (κ3) is 4.90. The number of halogens is 1. The number of nitrogens with one attached hydrogen (secondary N) is 1. The zero-order valence-electron chi connectivity index (χ0n) is 17.7. The summed E-state index contributed by atoms with van der Waals surface area (Å²) < 4.78 is 19.4. The molecule has 2 aromatic rings. The highest BCUT2D eigenvalue weighted by atomic mass is 19.1. The Morgan fingerprint density at radius 3 is 2.37 bits per heavy atom. The van der Waals surface area contributed by atoms with Crippen LogP contribution >= 0.6 is 0 Å². The fraction of sp³-hybridized carbons (Fsp3) is 0.476. The van der Waals surface area contributed by atoms with E-state index in [1.54, 1.807) is 28.9 Å². The summed E-state index contributed by atoms with van der Waals surface area (Å²) >= 11 is 0. The summed E-state index contributed by atoms with van der Waals surface area (Å²) in [6.07, 6.45) is 0. The Morgan fingerprint density at radius 1 is 1.13 bits per heavy atom. The zero-order chi connectivity index (χ0) is 21.7. The minimum absolute atomic E-state index is 0.209. The number of nitrogens with zero attached hydrogens (tertiary/aromatic N) is 4. The van der Waals surface area contributed by atoms with Crippen LogP contribution in [-0.4, -0.2) is 66.2 Å². The van der Waals surface area contributed by atoms with Gasteiger partial charge >= 0.3 is 6.03 Å². The molecule has 0 unspecified atom stereocenters. The van der Waals surface area contributed by atoms with E-state index in [4.69, 9.17) is 4.52 Å². The van der Waals surface area contributed by atoms with Crippen molar-refractivity contribution in [2.24, 2.45) is 0 Å². The summed E-state index contributed by atoms with van der Waals surface area (Å²) in [4.78, 5) is 30.1. The van der Waals surface area contributed by atoms with Crippen LogP contribution in [0.3, 0.4) is 0 Å². The molecule has 1 N–H and O–H groups in total. The second-order valence-corrected chi connectivity index (χ2v) is 7.23. The Balaban J connectivity index is 1.49. The smallest absolute Gasteiger partial charge is 0.317 e. The highest BCUT2D eigenvalue weighted by molar-refractivity contribution is 5.91. The third-order valence-corrected chi connectivity index (χ3v) is 5.25. The molecule has 1 aromatic carbocycles. The molecule has 1 aliphatic rings. The number of amides is 3. The SMILES string of the molecule is CCN(CC)c1ccc(CNC(=O)N2CCN(C(=O)c3cc(C)no3)CC2)cc1F. The van der Waals surface area contributed by atoms with Crippen molar-refractivity contribution >= 4 is 17.6 Å². The monoisotopic (exact) mass is 417 g/mol. The number of piperazine rings is 1. The standard InChI is InChI=1S/C21H28FN5O3/c1-4-25(5-2)18-7-6-16(13-17(18)22)14-23-21(29)27-10-8-26(9-11-27)20(28)19-12-15(3)24-30-19/h6-7,12-13H,4-5,8-11,14H2,1-3H3,(H,23,29). The maximum atomic E-state index is 14.4. The highest BCUT2D eigenvalue weighted by Crippen LogP contribution is 2.20. The van der Waals surface area contributed by atoms with Crippen molar-refractivity contribution in [1.29, 1.82) is 0 Å². The van der Waals surface area contributed by atoms with Crippen LogP contribution in [0.4, 0.5) is 14.9 Å². The van der Waals surface area contributed by atoms with Crippen LogP contribution in [0.15, 0.2) is 28.8 Å². The van der Waals surface area contributed by atoms with Crippen LogP contribution in [0.2, 0.25) is 0 Å². The molecule has 0 bridgehead atoms. The van der Waals surface area contributed by atoms with E-state index in [9.17, 15) is 14.0 Å². The van der Waals surface area contributed by atoms with E-state index in [-0.39, 0.29) is 30.1 Å². The molecule has 9 heteroatoms. The van der Waals surface area contributed by atoms with Gasteiger partial charge in [0.2, 0.25) is 5.76 Å². The van der Waals surface area contributed by atoms with Gasteiger partial charge in [0.25, 0.3) is 5.91 Å². The predicted octanol–water partition coefficient (Wildman–Crippen LogP) is 2.64. The Labute approximate surface area is 175 Å². The average Bonchev–Trinajstić information content (AvgIpc) is 3.20. The molecule has 1 aliphatic heterocycles. The van der Waals surface area contributed by atoms with Gasteiger partial charge in [0.15, 0.2) is 0 Å². The van der Waals surface area contributed by atoms with E-state index in [0.29, 0.717) is 43.1 Å². The molecular formula is C21H28FN5O3. The Morgan fingerprint density at radius 2 is 1.80 bits per heavy atom. The molecule has 30 heavy (non-hydrogen) atoms. The number of rotatable bonds is 6. The van der Waals surface area contributed by atoms with Crippen molar-refractivity contribution in [3.05, 3.63) is 47.1 Å². The van der Waals surface area contributed by atoms with Gasteiger partial charge in [-0.25, -0.2) is 9.18 Å². The van der Waals surface area contributed by atoms with Gasteiger partial charge in [0.1, 0.15) is 5.82 Å². The van der Waals surface area contributed by atoms with Gasteiger partial charge in [-0.15, -0.1) is 0 Å². The second-order valence-electron chi connectivity index (χ2n) is 7.23. The van der Waals surface area contributed by atoms with Gasteiger partial charge in [-0.1, -0.05) is 11.2 Å². The van der Waals surface area contributed by atoms with Crippen molar-refractivity contribution in [1.82, 2.24) is 20.3 Å². The number of aryl methyl sites for hydroxylation is 1. The molecule has 0 radical (unpaired) electrons. The Hall–Kier alpha value is -3.10. The number of hydrogen-bond donors (Lipinski definition) is 1. The fourth-order valence-corrected chi connectivity index (χ4v) is 3.50. The van der Waals surface area contributed by atoms with Gasteiger partial charge in [-0.05, 0) is 38.5 Å². The van der Waals surface area contributed by atoms with Crippen molar-refractivity contribution < 1.29 is 18.5 Å². The van der Waals surface area contributed by atoms with Crippen LogP contribution in [-0.2, 0) is 6.54 Å². The lowest BCUT2D eigenvalue weighted by molar-refractivity contribution is 0.0624. The van der Waals surface area contributed by atoms with Gasteiger partial charge in [0.05, 0.1) is 11.4 Å². The van der Waals surface area contributed by atoms with Crippen molar-refractivity contribution in [3.63, 3.8) is 0 Å². The number of anilines is 1. The minimum Gasteiger partial charge on any atom is -0.370 e. The van der Waals surface area contributed by atoms with E-state index in [2.05, 4.69) is 10.5 Å². The molecule has 0 spiro atoms. The summed E-state index contributed by atoms with van der Waals surface area (Å²) in [5.74, 6) is -0.305. The second kappa shape index (κ2) is 9.60. The topological polar surface area (TPSA) is 81.9 Å². The normalized spacial score (nSPS) is 14.0. The lowest BCUT2D eigenvalue weighted by Crippen LogP contribution is -2.53. The van der Waals surface area contributed by atoms with E-state index < -0.39 is 0 Å². The minimum atomic E-state index is -0.291. The lowest BCUT2D eigenvalue weighted by Gasteiger charge is -2.34. The van der Waals surface area contributed by atoms with Gasteiger partial charge < -0.3 is 24.5 Å².